The van der Waals surface area contributed by atoms with Crippen LogP contribution in [0.15, 0.2) is 103 Å². The van der Waals surface area contributed by atoms with E-state index in [4.69, 9.17) is 9.72 Å². The number of fused-ring (bicyclic) bond motifs is 3. The van der Waals surface area contributed by atoms with Crippen LogP contribution < -0.4 is 4.74 Å². The first-order chi connectivity index (χ1) is 18.6. The molecule has 0 aliphatic carbocycles. The molecular formula is C33H26N4O. The molecule has 0 amide bonds. The van der Waals surface area contributed by atoms with Crippen molar-refractivity contribution in [1.82, 2.24) is 14.5 Å². The van der Waals surface area contributed by atoms with E-state index in [-0.39, 0.29) is 0 Å². The third kappa shape index (κ3) is 4.49. The van der Waals surface area contributed by atoms with E-state index in [2.05, 4.69) is 47.7 Å². The molecule has 5 heteroatoms. The van der Waals surface area contributed by atoms with Crippen molar-refractivity contribution in [2.75, 3.05) is 0 Å². The van der Waals surface area contributed by atoms with Gasteiger partial charge < -0.3 is 4.74 Å². The quantitative estimate of drug-likeness (QED) is 0.235. The Balaban J connectivity index is 1.48. The number of nitrogens with zero attached hydrogens (tertiary/aromatic N) is 4. The Labute approximate surface area is 221 Å². The van der Waals surface area contributed by atoms with Crippen molar-refractivity contribution in [1.29, 1.82) is 5.26 Å². The zero-order valence-corrected chi connectivity index (χ0v) is 21.3. The van der Waals surface area contributed by atoms with Crippen LogP contribution in [0.5, 0.6) is 11.5 Å². The first kappa shape index (κ1) is 23.4. The molecule has 0 saturated heterocycles. The van der Waals surface area contributed by atoms with Gasteiger partial charge in [-0.05, 0) is 84.6 Å². The van der Waals surface area contributed by atoms with Crippen molar-refractivity contribution in [3.8, 4) is 34.6 Å². The molecule has 0 saturated carbocycles. The summed E-state index contributed by atoms with van der Waals surface area (Å²) >= 11 is 0. The molecule has 0 radical (unpaired) electrons. The number of aromatic nitrogens is 3. The second-order valence-corrected chi connectivity index (χ2v) is 9.82. The predicted molar refractivity (Wildman–Crippen MR) is 152 cm³/mol. The van der Waals surface area contributed by atoms with Gasteiger partial charge in [0.1, 0.15) is 17.3 Å². The van der Waals surface area contributed by atoms with E-state index in [0.717, 1.165) is 56.8 Å². The zero-order chi connectivity index (χ0) is 26.1. The van der Waals surface area contributed by atoms with Crippen molar-refractivity contribution >= 4 is 21.8 Å². The highest BCUT2D eigenvalue weighted by Crippen LogP contribution is 2.36. The number of pyridine rings is 2. The van der Waals surface area contributed by atoms with Crippen LogP contribution in [0.3, 0.4) is 0 Å². The molecule has 3 aromatic carbocycles. The molecule has 0 N–H and O–H groups in total. The van der Waals surface area contributed by atoms with Gasteiger partial charge >= 0.3 is 0 Å². The average Bonchev–Trinajstić information content (AvgIpc) is 3.26. The van der Waals surface area contributed by atoms with Crippen LogP contribution in [0.25, 0.3) is 38.9 Å². The molecule has 0 bridgehead atoms. The smallest absolute Gasteiger partial charge is 0.137 e. The second kappa shape index (κ2) is 9.84. The number of nitriles is 1. The van der Waals surface area contributed by atoms with E-state index in [9.17, 15) is 5.26 Å². The van der Waals surface area contributed by atoms with Crippen LogP contribution in [0, 0.1) is 17.2 Å². The summed E-state index contributed by atoms with van der Waals surface area (Å²) in [7, 11) is 0. The van der Waals surface area contributed by atoms with E-state index in [1.165, 1.54) is 5.56 Å². The lowest BCUT2D eigenvalue weighted by Crippen LogP contribution is -2.01. The summed E-state index contributed by atoms with van der Waals surface area (Å²) in [6.45, 7) is 4.44. The molecule has 6 aromatic rings. The van der Waals surface area contributed by atoms with Gasteiger partial charge in [-0.15, -0.1) is 0 Å². The fraction of sp³-hybridized carbons (Fsp3) is 0.121. The zero-order valence-electron chi connectivity index (χ0n) is 21.3. The molecule has 0 atom stereocenters. The van der Waals surface area contributed by atoms with Crippen LogP contribution in [0.1, 0.15) is 25.0 Å². The molecule has 0 spiro atoms. The van der Waals surface area contributed by atoms with E-state index in [1.54, 1.807) is 6.20 Å². The van der Waals surface area contributed by atoms with Crippen molar-refractivity contribution in [3.05, 3.63) is 115 Å². The van der Waals surface area contributed by atoms with Crippen molar-refractivity contribution in [2.45, 2.75) is 20.3 Å². The summed E-state index contributed by atoms with van der Waals surface area (Å²) < 4.78 is 8.50. The minimum absolute atomic E-state index is 0.545. The number of benzene rings is 3. The SMILES string of the molecule is CC(C)Cc1ccnc(-n2c3ccc(C#N)cc3c3ccc(Oc4cccc(-c5ccccn5)c4)cc32)c1. The molecule has 184 valence electrons. The van der Waals surface area contributed by atoms with Crippen molar-refractivity contribution in [2.24, 2.45) is 5.92 Å². The largest absolute Gasteiger partial charge is 0.457 e. The molecular weight excluding hydrogens is 468 g/mol. The van der Waals surface area contributed by atoms with Gasteiger partial charge in [-0.2, -0.15) is 5.26 Å². The monoisotopic (exact) mass is 494 g/mol. The van der Waals surface area contributed by atoms with Crippen LogP contribution in [-0.2, 0) is 6.42 Å². The summed E-state index contributed by atoms with van der Waals surface area (Å²) in [5, 5.41) is 11.6. The van der Waals surface area contributed by atoms with Gasteiger partial charge in [-0.1, -0.05) is 32.0 Å². The van der Waals surface area contributed by atoms with E-state index in [1.807, 2.05) is 79.0 Å². The highest BCUT2D eigenvalue weighted by atomic mass is 16.5. The number of rotatable bonds is 6. The lowest BCUT2D eigenvalue weighted by atomic mass is 10.0. The topological polar surface area (TPSA) is 63.7 Å². The Hall–Kier alpha value is -4.95. The maximum absolute atomic E-state index is 9.53. The Morgan fingerprint density at radius 1 is 0.789 bits per heavy atom. The molecule has 0 aliphatic rings. The molecule has 0 aliphatic heterocycles. The van der Waals surface area contributed by atoms with E-state index in [0.29, 0.717) is 11.5 Å². The molecule has 38 heavy (non-hydrogen) atoms. The van der Waals surface area contributed by atoms with Crippen LogP contribution in [0.4, 0.5) is 0 Å². The lowest BCUT2D eigenvalue weighted by molar-refractivity contribution is 0.483. The summed E-state index contributed by atoms with van der Waals surface area (Å²) in [4.78, 5) is 9.20. The Morgan fingerprint density at radius 3 is 2.50 bits per heavy atom. The number of ether oxygens (including phenoxy) is 1. The van der Waals surface area contributed by atoms with E-state index >= 15 is 0 Å². The van der Waals surface area contributed by atoms with Crippen LogP contribution in [0.2, 0.25) is 0 Å². The molecule has 0 unspecified atom stereocenters. The molecule has 5 nitrogen and oxygen atoms in total. The highest BCUT2D eigenvalue weighted by Gasteiger charge is 2.16. The van der Waals surface area contributed by atoms with Gasteiger partial charge in [0.05, 0.1) is 28.4 Å². The van der Waals surface area contributed by atoms with Gasteiger partial charge in [-0.3, -0.25) is 9.55 Å². The van der Waals surface area contributed by atoms with Gasteiger partial charge in [0.25, 0.3) is 0 Å². The maximum atomic E-state index is 9.53. The minimum Gasteiger partial charge on any atom is -0.457 e. The molecule has 3 heterocycles. The molecule has 6 rings (SSSR count). The van der Waals surface area contributed by atoms with Crippen molar-refractivity contribution in [3.63, 3.8) is 0 Å². The fourth-order valence-electron chi connectivity index (χ4n) is 4.95. The van der Waals surface area contributed by atoms with Gasteiger partial charge in [0, 0.05) is 34.8 Å². The Bertz CT molecular complexity index is 1810. The first-order valence-electron chi connectivity index (χ1n) is 12.7. The standard InChI is InChI=1S/C33H26N4O/c1-22(2)16-23-13-15-36-33(18-23)37-31-12-9-24(21-34)17-29(31)28-11-10-27(20-32(28)37)38-26-7-5-6-25(19-26)30-8-3-4-14-35-30/h3-15,17-20,22H,16H2,1-2H3. The normalized spacial score (nSPS) is 11.2. The average molecular weight is 495 g/mol. The third-order valence-electron chi connectivity index (χ3n) is 6.58. The van der Waals surface area contributed by atoms with Gasteiger partial charge in [-0.25, -0.2) is 4.98 Å². The lowest BCUT2D eigenvalue weighted by Gasteiger charge is -2.11. The second-order valence-electron chi connectivity index (χ2n) is 9.82. The van der Waals surface area contributed by atoms with Crippen LogP contribution >= 0.6 is 0 Å². The summed E-state index contributed by atoms with van der Waals surface area (Å²) in [6, 6.07) is 32.2. The number of hydrogen-bond donors (Lipinski definition) is 0. The first-order valence-corrected chi connectivity index (χ1v) is 12.7. The fourth-order valence-corrected chi connectivity index (χ4v) is 4.95. The molecule has 0 fully saturated rings. The van der Waals surface area contributed by atoms with Gasteiger partial charge in [0.2, 0.25) is 0 Å². The predicted octanol–water partition coefficient (Wildman–Crippen LogP) is 8.10. The molecule has 3 aromatic heterocycles. The van der Waals surface area contributed by atoms with Crippen LogP contribution in [-0.4, -0.2) is 14.5 Å². The summed E-state index contributed by atoms with van der Waals surface area (Å²) in [6.07, 6.45) is 4.64. The summed E-state index contributed by atoms with van der Waals surface area (Å²) in [5.74, 6) is 2.85. The van der Waals surface area contributed by atoms with Gasteiger partial charge in [0.15, 0.2) is 0 Å². The van der Waals surface area contributed by atoms with Crippen molar-refractivity contribution < 1.29 is 4.74 Å². The Morgan fingerprint density at radius 2 is 1.68 bits per heavy atom. The minimum atomic E-state index is 0.545. The summed E-state index contributed by atoms with van der Waals surface area (Å²) in [5.41, 5.74) is 5.74. The Kier molecular flexibility index (Phi) is 6.07. The highest BCUT2D eigenvalue weighted by molar-refractivity contribution is 6.09. The number of hydrogen-bond acceptors (Lipinski definition) is 4. The maximum Gasteiger partial charge on any atom is 0.137 e. The third-order valence-corrected chi connectivity index (χ3v) is 6.58. The van der Waals surface area contributed by atoms with E-state index < -0.39 is 0 Å².